The van der Waals surface area contributed by atoms with Crippen LogP contribution in [0, 0.1) is 11.8 Å². The molecule has 10 N–H and O–H groups in total. The molecule has 27 nitrogen and oxygen atoms in total. The fraction of sp³-hybridized carbons (Fsp3) is 0.636. The summed E-state index contributed by atoms with van der Waals surface area (Å²) in [4.78, 5) is 89.7. The van der Waals surface area contributed by atoms with Gasteiger partial charge in [0.25, 0.3) is 11.1 Å². The average Bonchev–Trinajstić information content (AvgIpc) is 3.02. The van der Waals surface area contributed by atoms with Crippen molar-refractivity contribution in [2.45, 2.75) is 50.7 Å². The molecule has 0 aliphatic heterocycles. The minimum Gasteiger partial charge on any atom is -0.390 e. The average molecular weight is 850 g/mol. The molecule has 31 heteroatoms. The lowest BCUT2D eigenvalue weighted by Crippen LogP contribution is -2.45. The van der Waals surface area contributed by atoms with Crippen LogP contribution in [0.3, 0.4) is 0 Å². The van der Waals surface area contributed by atoms with Gasteiger partial charge in [-0.05, 0) is 0 Å². The van der Waals surface area contributed by atoms with Gasteiger partial charge in [0.05, 0.1) is 25.4 Å². The van der Waals surface area contributed by atoms with Gasteiger partial charge >= 0.3 is 42.7 Å². The van der Waals surface area contributed by atoms with Gasteiger partial charge in [-0.3, -0.25) is 37.7 Å². The summed E-state index contributed by atoms with van der Waals surface area (Å²) in [5.41, 5.74) is -3.64. The fourth-order valence-corrected chi connectivity index (χ4v) is 9.32. The number of methoxy groups -OCH3 is 2. The molecule has 2 heterocycles. The van der Waals surface area contributed by atoms with E-state index in [4.69, 9.17) is 9.47 Å². The van der Waals surface area contributed by atoms with Crippen molar-refractivity contribution in [1.82, 2.24) is 19.1 Å². The summed E-state index contributed by atoms with van der Waals surface area (Å²) in [6.07, 6.45) is -9.13. The smallest absolute Gasteiger partial charge is 0.390 e. The Balaban J connectivity index is 1.98. The molecular weight excluding hydrogens is 812 g/mol. The van der Waals surface area contributed by atoms with Crippen LogP contribution in [-0.4, -0.2) is 111 Å². The molecule has 12 unspecified atom stereocenters. The van der Waals surface area contributed by atoms with E-state index in [0.29, 0.717) is 9.13 Å². The lowest BCUT2D eigenvalue weighted by molar-refractivity contribution is -0.127. The second-order valence-corrected chi connectivity index (χ2v) is 17.1. The van der Waals surface area contributed by atoms with E-state index in [2.05, 4.69) is 22.0 Å². The van der Waals surface area contributed by atoms with Gasteiger partial charge in [0.2, 0.25) is 0 Å². The number of phosphoric ester groups is 2. The van der Waals surface area contributed by atoms with Crippen molar-refractivity contribution in [3.8, 4) is 0 Å². The zero-order chi connectivity index (χ0) is 40.7. The van der Waals surface area contributed by atoms with Crippen LogP contribution in [0.1, 0.15) is 26.3 Å². The van der Waals surface area contributed by atoms with Crippen molar-refractivity contribution in [2.75, 3.05) is 27.4 Å². The Labute approximate surface area is 296 Å². The molecule has 2 rings (SSSR count). The van der Waals surface area contributed by atoms with Gasteiger partial charge in [0.15, 0.2) is 12.5 Å². The number of hydrogen-bond donors (Lipinski definition) is 10. The number of aliphatic hydroxyl groups excluding tert-OH is 4. The largest absolute Gasteiger partial charge is 0.490 e. The van der Waals surface area contributed by atoms with Crippen molar-refractivity contribution in [2.24, 2.45) is 11.8 Å². The third-order valence-corrected chi connectivity index (χ3v) is 12.7. The third kappa shape index (κ3) is 14.0. The van der Waals surface area contributed by atoms with E-state index >= 15 is 0 Å². The number of hydrogen-bond acceptors (Lipinski definition) is 19. The Morgan fingerprint density at radius 3 is 1.17 bits per heavy atom. The first-order valence-corrected chi connectivity index (χ1v) is 20.4. The SMILES string of the molecule is COC(C(O)C(O)C(C)COP(=O)(O)OP(=O)(O)OP(=O)(O)OP(=O)(O)OCC(C)C(O)C(O)C(OC)n1ccc(=O)[nH]c1=O)n1ccc(=O)[nH]c1=O. The van der Waals surface area contributed by atoms with Gasteiger partial charge in [-0.25, -0.2) is 27.8 Å². The molecular formula is C22H38N4O23P4. The van der Waals surface area contributed by atoms with Crippen LogP contribution in [0.15, 0.2) is 43.7 Å². The van der Waals surface area contributed by atoms with Crippen LogP contribution in [0.4, 0.5) is 0 Å². The van der Waals surface area contributed by atoms with Crippen molar-refractivity contribution < 1.29 is 89.7 Å². The Bertz CT molecular complexity index is 1830. The Hall–Kier alpha value is -2.32. The van der Waals surface area contributed by atoms with Crippen LogP contribution in [-0.2, 0) is 49.7 Å². The van der Waals surface area contributed by atoms with Crippen molar-refractivity contribution in [3.63, 3.8) is 0 Å². The van der Waals surface area contributed by atoms with Crippen LogP contribution < -0.4 is 22.5 Å². The molecule has 304 valence electrons. The number of nitrogens with one attached hydrogen (secondary N) is 2. The highest BCUT2D eigenvalue weighted by atomic mass is 31.3. The van der Waals surface area contributed by atoms with E-state index in [1.807, 2.05) is 9.97 Å². The Morgan fingerprint density at radius 1 is 0.585 bits per heavy atom. The van der Waals surface area contributed by atoms with Gasteiger partial charge in [-0.2, -0.15) is 12.9 Å². The minimum atomic E-state index is -6.21. The normalized spacial score (nSPS) is 21.4. The molecule has 0 bridgehead atoms. The minimum absolute atomic E-state index is 0.697. The van der Waals surface area contributed by atoms with Crippen LogP contribution in [0.2, 0.25) is 0 Å². The zero-order valence-corrected chi connectivity index (χ0v) is 31.3. The number of phosphoric acid groups is 4. The molecule has 0 fully saturated rings. The lowest BCUT2D eigenvalue weighted by Gasteiger charge is -2.30. The second-order valence-electron chi connectivity index (χ2n) is 10.9. The summed E-state index contributed by atoms with van der Waals surface area (Å²) >= 11 is 0. The third-order valence-electron chi connectivity index (χ3n) is 6.80. The lowest BCUT2D eigenvalue weighted by atomic mass is 9.99. The summed E-state index contributed by atoms with van der Waals surface area (Å²) in [7, 11) is -21.9. The van der Waals surface area contributed by atoms with E-state index in [9.17, 15) is 77.4 Å². The van der Waals surface area contributed by atoms with Gasteiger partial charge < -0.3 is 49.5 Å². The second kappa shape index (κ2) is 19.0. The van der Waals surface area contributed by atoms with Crippen molar-refractivity contribution >= 4 is 31.3 Å². The zero-order valence-electron chi connectivity index (χ0n) is 27.7. The number of aromatic amines is 2. The van der Waals surface area contributed by atoms with Gasteiger partial charge in [0, 0.05) is 50.6 Å². The molecule has 53 heavy (non-hydrogen) atoms. The maximum Gasteiger partial charge on any atom is 0.490 e. The highest BCUT2D eigenvalue weighted by Gasteiger charge is 2.46. The van der Waals surface area contributed by atoms with Gasteiger partial charge in [-0.1, -0.05) is 13.8 Å². The number of rotatable bonds is 22. The Kier molecular flexibility index (Phi) is 16.8. The Morgan fingerprint density at radius 2 is 0.887 bits per heavy atom. The molecule has 0 aliphatic carbocycles. The highest BCUT2D eigenvalue weighted by Crippen LogP contribution is 2.71. The predicted octanol–water partition coefficient (Wildman–Crippen LogP) is -2.42. The molecule has 0 saturated heterocycles. The van der Waals surface area contributed by atoms with E-state index < -0.39 is 116 Å². The topological polar surface area (TPSA) is 404 Å². The van der Waals surface area contributed by atoms with Crippen molar-refractivity contribution in [1.29, 1.82) is 0 Å². The molecule has 0 radical (unpaired) electrons. The number of ether oxygens (including phenoxy) is 2. The predicted molar refractivity (Wildman–Crippen MR) is 172 cm³/mol. The monoisotopic (exact) mass is 850 g/mol. The number of aromatic nitrogens is 4. The standard InChI is InChI=1S/C22H38N4O23P4/c1-11(15(29)17(31)19(43-3)25-7-5-13(27)23-21(25)33)9-45-50(35,36)47-52(39,40)49-53(41,42)48-51(37,38)46-10-12(2)16(30)18(32)20(44-4)26-8-6-14(28)24-22(26)34/h5-8,11-12,15-20,29-32H,9-10H2,1-4H3,(H,35,36)(H,37,38)(H,39,40)(H,41,42)(H,23,27,33)(H,24,28,34). The van der Waals surface area contributed by atoms with Crippen LogP contribution in [0.25, 0.3) is 0 Å². The van der Waals surface area contributed by atoms with Crippen molar-refractivity contribution in [3.05, 3.63) is 66.2 Å². The summed E-state index contributed by atoms with van der Waals surface area (Å²) < 4.78 is 80.8. The highest BCUT2D eigenvalue weighted by molar-refractivity contribution is 7.69. The summed E-state index contributed by atoms with van der Waals surface area (Å²) in [5.74, 6) is -2.72. The van der Waals surface area contributed by atoms with Crippen LogP contribution in [0.5, 0.6) is 0 Å². The quantitative estimate of drug-likeness (QED) is 0.0551. The molecule has 12 atom stereocenters. The number of aliphatic hydroxyl groups is 4. The molecule has 0 aromatic carbocycles. The molecule has 2 aromatic rings. The molecule has 2 aromatic heterocycles. The van der Waals surface area contributed by atoms with E-state index in [1.165, 1.54) is 0 Å². The first-order chi connectivity index (χ1) is 24.2. The first kappa shape index (κ1) is 46.8. The van der Waals surface area contributed by atoms with Gasteiger partial charge in [0.1, 0.15) is 12.2 Å². The van der Waals surface area contributed by atoms with E-state index in [-0.39, 0.29) is 0 Å². The fourth-order valence-electron chi connectivity index (χ4n) is 4.19. The summed E-state index contributed by atoms with van der Waals surface area (Å²) in [6.45, 7) is 0.122. The molecule has 0 amide bonds. The molecule has 0 spiro atoms. The van der Waals surface area contributed by atoms with Gasteiger partial charge in [-0.15, -0.1) is 0 Å². The number of nitrogens with zero attached hydrogens (tertiary/aromatic N) is 2. The molecule has 0 aliphatic rings. The first-order valence-electron chi connectivity index (χ1n) is 14.4. The summed E-state index contributed by atoms with van der Waals surface area (Å²) in [6, 6.07) is 1.80. The van der Waals surface area contributed by atoms with E-state index in [1.54, 1.807) is 0 Å². The summed E-state index contributed by atoms with van der Waals surface area (Å²) in [5, 5.41) is 42.0. The van der Waals surface area contributed by atoms with Crippen LogP contribution >= 0.6 is 31.3 Å². The number of H-pyrrole nitrogens is 2. The molecule has 0 saturated carbocycles. The van der Waals surface area contributed by atoms with E-state index in [0.717, 1.165) is 52.6 Å². The maximum atomic E-state index is 12.3. The maximum absolute atomic E-state index is 12.3.